The zero-order valence-electron chi connectivity index (χ0n) is 17.7. The normalized spacial score (nSPS) is 16.9. The van der Waals surface area contributed by atoms with Crippen molar-refractivity contribution < 1.29 is 9.53 Å². The summed E-state index contributed by atoms with van der Waals surface area (Å²) in [6, 6.07) is 9.68. The summed E-state index contributed by atoms with van der Waals surface area (Å²) in [4.78, 5) is 29.9. The molecule has 158 valence electrons. The largest absolute Gasteiger partial charge is 0.445 e. The second-order valence-corrected chi connectivity index (χ2v) is 10.2. The van der Waals surface area contributed by atoms with Crippen molar-refractivity contribution >= 4 is 39.5 Å². The number of ether oxygens (including phenoxy) is 1. The minimum Gasteiger partial charge on any atom is -0.445 e. The predicted octanol–water partition coefficient (Wildman–Crippen LogP) is 5.58. The smallest absolute Gasteiger partial charge is 0.410 e. The van der Waals surface area contributed by atoms with Crippen molar-refractivity contribution in [3.8, 4) is 0 Å². The lowest BCUT2D eigenvalue weighted by molar-refractivity contribution is 0.0920. The molecule has 30 heavy (non-hydrogen) atoms. The van der Waals surface area contributed by atoms with Crippen LogP contribution in [0.5, 0.6) is 0 Å². The Hall–Kier alpha value is -2.19. The van der Waals surface area contributed by atoms with Gasteiger partial charge in [-0.05, 0) is 24.7 Å². The van der Waals surface area contributed by atoms with E-state index in [0.717, 1.165) is 44.6 Å². The highest BCUT2D eigenvalue weighted by Gasteiger charge is 2.34. The number of aromatic nitrogens is 3. The Morgan fingerprint density at radius 3 is 2.70 bits per heavy atom. The zero-order chi connectivity index (χ0) is 21.3. The highest BCUT2D eigenvalue weighted by Crippen LogP contribution is 2.38. The van der Waals surface area contributed by atoms with Gasteiger partial charge in [-0.2, -0.15) is 0 Å². The summed E-state index contributed by atoms with van der Waals surface area (Å²) in [5.74, 6) is 0.820. The minimum atomic E-state index is -0.285. The molecule has 0 radical (unpaired) electrons. The molecule has 0 bridgehead atoms. The number of likely N-dealkylation sites (tertiary alicyclic amines) is 1. The molecule has 4 rings (SSSR count). The van der Waals surface area contributed by atoms with E-state index in [1.165, 1.54) is 0 Å². The molecule has 1 saturated heterocycles. The van der Waals surface area contributed by atoms with Gasteiger partial charge in [0.2, 0.25) is 0 Å². The quantitative estimate of drug-likeness (QED) is 0.388. The number of hydrogen-bond acceptors (Lipinski definition) is 7. The molecule has 1 aliphatic rings. The van der Waals surface area contributed by atoms with E-state index in [2.05, 4.69) is 20.8 Å². The number of thiazole rings is 1. The molecule has 0 spiro atoms. The van der Waals surface area contributed by atoms with Gasteiger partial charge in [0.15, 0.2) is 0 Å². The summed E-state index contributed by atoms with van der Waals surface area (Å²) in [6.45, 7) is 7.30. The number of nitrogens with zero attached hydrogens (tertiary/aromatic N) is 4. The molecule has 0 saturated carbocycles. The molecule has 0 N–H and O–H groups in total. The third kappa shape index (κ3) is 4.30. The SMILES string of the molecule is CSc1nc(C(C)(C)C)nc2sc(C3CCCN3C(=O)OCc3ccccc3)nc12. The number of hydrogen-bond donors (Lipinski definition) is 0. The summed E-state index contributed by atoms with van der Waals surface area (Å²) in [6.07, 6.45) is 3.55. The van der Waals surface area contributed by atoms with Gasteiger partial charge in [0.1, 0.15) is 32.8 Å². The lowest BCUT2D eigenvalue weighted by Gasteiger charge is -2.22. The topological polar surface area (TPSA) is 68.2 Å². The molecule has 1 aromatic carbocycles. The molecular formula is C22H26N4O2S2. The molecular weight excluding hydrogens is 416 g/mol. The zero-order valence-corrected chi connectivity index (χ0v) is 19.3. The number of thioether (sulfide) groups is 1. The molecule has 3 heterocycles. The molecule has 1 atom stereocenters. The minimum absolute atomic E-state index is 0.0692. The maximum atomic E-state index is 12.8. The van der Waals surface area contributed by atoms with E-state index in [1.54, 1.807) is 28.0 Å². The van der Waals surface area contributed by atoms with E-state index >= 15 is 0 Å². The summed E-state index contributed by atoms with van der Waals surface area (Å²) in [5, 5.41) is 1.80. The van der Waals surface area contributed by atoms with Crippen LogP contribution >= 0.6 is 23.1 Å². The maximum absolute atomic E-state index is 12.8. The van der Waals surface area contributed by atoms with Crippen molar-refractivity contribution in [2.45, 2.75) is 56.7 Å². The van der Waals surface area contributed by atoms with Gasteiger partial charge >= 0.3 is 6.09 Å². The van der Waals surface area contributed by atoms with Crippen LogP contribution in [0.1, 0.15) is 56.1 Å². The number of fused-ring (bicyclic) bond motifs is 1. The number of carbonyl (C=O) groups excluding carboxylic acids is 1. The Morgan fingerprint density at radius 2 is 2.00 bits per heavy atom. The summed E-state index contributed by atoms with van der Waals surface area (Å²) in [5.41, 5.74) is 1.68. The monoisotopic (exact) mass is 442 g/mol. The van der Waals surface area contributed by atoms with Crippen molar-refractivity contribution in [3.63, 3.8) is 0 Å². The second kappa shape index (κ2) is 8.51. The third-order valence-electron chi connectivity index (χ3n) is 5.08. The van der Waals surface area contributed by atoms with Crippen LogP contribution in [-0.2, 0) is 16.8 Å². The fourth-order valence-electron chi connectivity index (χ4n) is 3.48. The van der Waals surface area contributed by atoms with Crippen molar-refractivity contribution in [1.82, 2.24) is 19.9 Å². The molecule has 8 heteroatoms. The van der Waals surface area contributed by atoms with E-state index in [0.29, 0.717) is 6.54 Å². The Morgan fingerprint density at radius 1 is 1.23 bits per heavy atom. The van der Waals surface area contributed by atoms with Crippen LogP contribution in [0.4, 0.5) is 4.79 Å². The second-order valence-electron chi connectivity index (χ2n) is 8.40. The van der Waals surface area contributed by atoms with Crippen LogP contribution in [0.15, 0.2) is 35.4 Å². The van der Waals surface area contributed by atoms with Gasteiger partial charge in [-0.25, -0.2) is 19.7 Å². The Balaban J connectivity index is 1.58. The lowest BCUT2D eigenvalue weighted by atomic mass is 9.96. The average Bonchev–Trinajstić information content (AvgIpc) is 3.38. The highest BCUT2D eigenvalue weighted by atomic mass is 32.2. The van der Waals surface area contributed by atoms with Gasteiger partial charge in [0.05, 0.1) is 6.04 Å². The van der Waals surface area contributed by atoms with Gasteiger partial charge in [-0.1, -0.05) is 62.4 Å². The van der Waals surface area contributed by atoms with E-state index in [-0.39, 0.29) is 24.2 Å². The Labute approximate surface area is 185 Å². The van der Waals surface area contributed by atoms with Crippen molar-refractivity contribution in [2.24, 2.45) is 0 Å². The molecule has 6 nitrogen and oxygen atoms in total. The summed E-state index contributed by atoms with van der Waals surface area (Å²) >= 11 is 3.15. The predicted molar refractivity (Wildman–Crippen MR) is 121 cm³/mol. The van der Waals surface area contributed by atoms with Gasteiger partial charge in [-0.3, -0.25) is 4.90 Å². The molecule has 1 amide bonds. The van der Waals surface area contributed by atoms with Crippen LogP contribution in [-0.4, -0.2) is 38.7 Å². The first-order chi connectivity index (χ1) is 14.4. The first-order valence-corrected chi connectivity index (χ1v) is 12.1. The van der Waals surface area contributed by atoms with Crippen LogP contribution in [0.25, 0.3) is 10.3 Å². The van der Waals surface area contributed by atoms with Crippen LogP contribution < -0.4 is 0 Å². The molecule has 1 unspecified atom stereocenters. The van der Waals surface area contributed by atoms with Gasteiger partial charge in [-0.15, -0.1) is 11.8 Å². The lowest BCUT2D eigenvalue weighted by Crippen LogP contribution is -2.31. The van der Waals surface area contributed by atoms with Crippen molar-refractivity contribution in [2.75, 3.05) is 12.8 Å². The molecule has 1 aliphatic heterocycles. The fourth-order valence-corrected chi connectivity index (χ4v) is 5.14. The van der Waals surface area contributed by atoms with E-state index < -0.39 is 0 Å². The number of benzene rings is 1. The molecule has 2 aromatic heterocycles. The number of carbonyl (C=O) groups is 1. The van der Waals surface area contributed by atoms with E-state index in [4.69, 9.17) is 19.7 Å². The maximum Gasteiger partial charge on any atom is 0.410 e. The third-order valence-corrected chi connectivity index (χ3v) is 6.81. The number of amides is 1. The van der Waals surface area contributed by atoms with Gasteiger partial charge < -0.3 is 4.74 Å². The van der Waals surface area contributed by atoms with Crippen molar-refractivity contribution in [3.05, 3.63) is 46.7 Å². The van der Waals surface area contributed by atoms with Crippen LogP contribution in [0, 0.1) is 0 Å². The van der Waals surface area contributed by atoms with Crippen LogP contribution in [0.2, 0.25) is 0 Å². The molecule has 1 fully saturated rings. The van der Waals surface area contributed by atoms with Gasteiger partial charge in [0.25, 0.3) is 0 Å². The standard InChI is InChI=1S/C22H26N4O2S2/c1-22(2,3)20-24-18(29-4)16-19(25-20)30-17(23-16)15-11-8-12-26(15)21(27)28-13-14-9-6-5-7-10-14/h5-7,9-10,15H,8,11-13H2,1-4H3. The first-order valence-electron chi connectivity index (χ1n) is 10.1. The van der Waals surface area contributed by atoms with E-state index in [9.17, 15) is 4.79 Å². The number of rotatable bonds is 4. The summed E-state index contributed by atoms with van der Waals surface area (Å²) < 4.78 is 5.58. The summed E-state index contributed by atoms with van der Waals surface area (Å²) in [7, 11) is 0. The Kier molecular flexibility index (Phi) is 5.97. The van der Waals surface area contributed by atoms with Crippen LogP contribution in [0.3, 0.4) is 0 Å². The van der Waals surface area contributed by atoms with Gasteiger partial charge in [0, 0.05) is 12.0 Å². The first kappa shape index (κ1) is 21.1. The average molecular weight is 443 g/mol. The van der Waals surface area contributed by atoms with Crippen molar-refractivity contribution in [1.29, 1.82) is 0 Å². The Bertz CT molecular complexity index is 1050. The molecule has 0 aliphatic carbocycles. The fraction of sp³-hybridized carbons (Fsp3) is 0.455. The molecule has 3 aromatic rings. The highest BCUT2D eigenvalue weighted by molar-refractivity contribution is 7.98. The van der Waals surface area contributed by atoms with E-state index in [1.807, 2.05) is 36.6 Å².